The van der Waals surface area contributed by atoms with Crippen molar-refractivity contribution in [3.63, 3.8) is 0 Å². The average Bonchev–Trinajstić information content (AvgIpc) is 2.76. The summed E-state index contributed by atoms with van der Waals surface area (Å²) in [6.45, 7) is 10.3. The van der Waals surface area contributed by atoms with Gasteiger partial charge >= 0.3 is 0 Å². The van der Waals surface area contributed by atoms with E-state index >= 15 is 0 Å². The van der Waals surface area contributed by atoms with Gasteiger partial charge in [0, 0.05) is 31.2 Å². The lowest BCUT2D eigenvalue weighted by Crippen LogP contribution is -2.41. The zero-order valence-electron chi connectivity index (χ0n) is 11.2. The van der Waals surface area contributed by atoms with Gasteiger partial charge in [-0.2, -0.15) is 0 Å². The Hall–Kier alpha value is -0.860. The van der Waals surface area contributed by atoms with Crippen LogP contribution in [0.4, 0.5) is 0 Å². The predicted molar refractivity (Wildman–Crippen MR) is 73.0 cm³/mol. The highest BCUT2D eigenvalue weighted by molar-refractivity contribution is 5.14. The summed E-state index contributed by atoms with van der Waals surface area (Å²) >= 11 is 0. The second kappa shape index (κ2) is 5.19. The fourth-order valence-corrected chi connectivity index (χ4v) is 2.39. The van der Waals surface area contributed by atoms with E-state index in [1.54, 1.807) is 0 Å². The quantitative estimate of drug-likeness (QED) is 0.862. The van der Waals surface area contributed by atoms with E-state index in [1.807, 2.05) is 0 Å². The summed E-state index contributed by atoms with van der Waals surface area (Å²) in [4.78, 5) is 2.57. The van der Waals surface area contributed by atoms with E-state index in [9.17, 15) is 0 Å². The first-order valence-corrected chi connectivity index (χ1v) is 6.58. The highest BCUT2D eigenvalue weighted by atomic mass is 15.2. The standard InChI is InChI=1S/C15H24N2/c1-15(2,3)17-10-9-14(12-17)16-11-13-7-5-4-6-8-13/h4-8,14,16H,9-12H2,1-3H3. The van der Waals surface area contributed by atoms with Crippen molar-refractivity contribution in [1.82, 2.24) is 10.2 Å². The minimum atomic E-state index is 0.309. The molecule has 1 fully saturated rings. The summed E-state index contributed by atoms with van der Waals surface area (Å²) in [5.41, 5.74) is 1.69. The van der Waals surface area contributed by atoms with E-state index in [4.69, 9.17) is 0 Å². The Labute approximate surface area is 105 Å². The highest BCUT2D eigenvalue weighted by Gasteiger charge is 2.29. The van der Waals surface area contributed by atoms with E-state index in [0.717, 1.165) is 6.54 Å². The van der Waals surface area contributed by atoms with Crippen LogP contribution >= 0.6 is 0 Å². The van der Waals surface area contributed by atoms with Crippen molar-refractivity contribution >= 4 is 0 Å². The number of nitrogens with zero attached hydrogens (tertiary/aromatic N) is 1. The van der Waals surface area contributed by atoms with Crippen molar-refractivity contribution < 1.29 is 0 Å². The van der Waals surface area contributed by atoms with E-state index in [1.165, 1.54) is 25.1 Å². The van der Waals surface area contributed by atoms with E-state index < -0.39 is 0 Å². The lowest BCUT2D eigenvalue weighted by Gasteiger charge is -2.31. The third kappa shape index (κ3) is 3.55. The molecule has 1 aliphatic rings. The maximum Gasteiger partial charge on any atom is 0.0210 e. The Balaban J connectivity index is 1.79. The largest absolute Gasteiger partial charge is 0.309 e. The summed E-state index contributed by atoms with van der Waals surface area (Å²) in [5, 5.41) is 3.66. The molecule has 1 saturated heterocycles. The molecule has 2 heteroatoms. The molecule has 1 heterocycles. The van der Waals surface area contributed by atoms with Gasteiger partial charge in [-0.25, -0.2) is 0 Å². The van der Waals surface area contributed by atoms with Crippen molar-refractivity contribution in [3.8, 4) is 0 Å². The molecular formula is C15H24N2. The van der Waals surface area contributed by atoms with Crippen LogP contribution in [-0.4, -0.2) is 29.6 Å². The topological polar surface area (TPSA) is 15.3 Å². The monoisotopic (exact) mass is 232 g/mol. The van der Waals surface area contributed by atoms with Gasteiger partial charge in [0.1, 0.15) is 0 Å². The second-order valence-electron chi connectivity index (χ2n) is 5.97. The van der Waals surface area contributed by atoms with Gasteiger partial charge in [0.05, 0.1) is 0 Å². The number of likely N-dealkylation sites (tertiary alicyclic amines) is 1. The number of benzene rings is 1. The minimum absolute atomic E-state index is 0.309. The summed E-state index contributed by atoms with van der Waals surface area (Å²) < 4.78 is 0. The van der Waals surface area contributed by atoms with Gasteiger partial charge in [-0.3, -0.25) is 4.90 Å². The fourth-order valence-electron chi connectivity index (χ4n) is 2.39. The smallest absolute Gasteiger partial charge is 0.0210 e. The zero-order chi connectivity index (χ0) is 12.3. The number of hydrogen-bond donors (Lipinski definition) is 1. The molecule has 1 aliphatic heterocycles. The van der Waals surface area contributed by atoms with E-state index in [-0.39, 0.29) is 0 Å². The lowest BCUT2D eigenvalue weighted by atomic mass is 10.1. The maximum atomic E-state index is 3.66. The summed E-state index contributed by atoms with van der Waals surface area (Å²) in [7, 11) is 0. The average molecular weight is 232 g/mol. The molecule has 1 atom stereocenters. The van der Waals surface area contributed by atoms with Crippen LogP contribution in [0.15, 0.2) is 30.3 Å². The molecule has 2 nitrogen and oxygen atoms in total. The number of nitrogens with one attached hydrogen (secondary N) is 1. The van der Waals surface area contributed by atoms with Gasteiger partial charge in [-0.05, 0) is 32.8 Å². The van der Waals surface area contributed by atoms with Gasteiger partial charge < -0.3 is 5.32 Å². The molecule has 17 heavy (non-hydrogen) atoms. The van der Waals surface area contributed by atoms with Crippen LogP contribution in [0.5, 0.6) is 0 Å². The van der Waals surface area contributed by atoms with Gasteiger partial charge in [0.2, 0.25) is 0 Å². The molecule has 0 spiro atoms. The van der Waals surface area contributed by atoms with Crippen LogP contribution in [0.2, 0.25) is 0 Å². The maximum absolute atomic E-state index is 3.66. The molecule has 0 saturated carbocycles. The van der Waals surface area contributed by atoms with E-state index in [2.05, 4.69) is 61.3 Å². The van der Waals surface area contributed by atoms with E-state index in [0.29, 0.717) is 11.6 Å². The molecule has 94 valence electrons. The van der Waals surface area contributed by atoms with Crippen molar-refractivity contribution in [1.29, 1.82) is 0 Å². The SMILES string of the molecule is CC(C)(C)N1CCC(NCc2ccccc2)C1. The molecule has 2 rings (SSSR count). The van der Waals surface area contributed by atoms with Crippen molar-refractivity contribution in [2.75, 3.05) is 13.1 Å². The summed E-state index contributed by atoms with van der Waals surface area (Å²) in [6.07, 6.45) is 1.27. The Bertz CT molecular complexity index is 340. The first-order chi connectivity index (χ1) is 8.05. The third-order valence-electron chi connectivity index (χ3n) is 3.57. The molecule has 0 bridgehead atoms. The normalized spacial score (nSPS) is 21.9. The molecule has 1 aromatic rings. The molecule has 1 N–H and O–H groups in total. The zero-order valence-corrected chi connectivity index (χ0v) is 11.2. The predicted octanol–water partition coefficient (Wildman–Crippen LogP) is 2.65. The van der Waals surface area contributed by atoms with Crippen LogP contribution in [-0.2, 0) is 6.54 Å². The summed E-state index contributed by atoms with van der Waals surface area (Å²) in [5.74, 6) is 0. The van der Waals surface area contributed by atoms with Gasteiger partial charge in [-0.15, -0.1) is 0 Å². The van der Waals surface area contributed by atoms with Crippen molar-refractivity contribution in [2.24, 2.45) is 0 Å². The first-order valence-electron chi connectivity index (χ1n) is 6.58. The second-order valence-corrected chi connectivity index (χ2v) is 5.97. The van der Waals surface area contributed by atoms with Crippen LogP contribution in [0.3, 0.4) is 0 Å². The first kappa shape index (κ1) is 12.6. The Kier molecular flexibility index (Phi) is 3.85. The Morgan fingerprint density at radius 2 is 1.94 bits per heavy atom. The molecule has 0 radical (unpaired) electrons. The third-order valence-corrected chi connectivity index (χ3v) is 3.57. The van der Waals surface area contributed by atoms with Crippen LogP contribution in [0.1, 0.15) is 32.8 Å². The van der Waals surface area contributed by atoms with Crippen molar-refractivity contribution in [2.45, 2.75) is 45.3 Å². The van der Waals surface area contributed by atoms with Crippen molar-refractivity contribution in [3.05, 3.63) is 35.9 Å². The molecule has 0 aliphatic carbocycles. The Morgan fingerprint density at radius 3 is 2.53 bits per heavy atom. The Morgan fingerprint density at radius 1 is 1.24 bits per heavy atom. The molecule has 1 unspecified atom stereocenters. The molecular weight excluding hydrogens is 208 g/mol. The summed E-state index contributed by atoms with van der Waals surface area (Å²) in [6, 6.07) is 11.3. The van der Waals surface area contributed by atoms with Gasteiger partial charge in [0.25, 0.3) is 0 Å². The van der Waals surface area contributed by atoms with Crippen LogP contribution < -0.4 is 5.32 Å². The van der Waals surface area contributed by atoms with Gasteiger partial charge in [-0.1, -0.05) is 30.3 Å². The lowest BCUT2D eigenvalue weighted by molar-refractivity contribution is 0.170. The fraction of sp³-hybridized carbons (Fsp3) is 0.600. The molecule has 0 amide bonds. The number of hydrogen-bond acceptors (Lipinski definition) is 2. The number of rotatable bonds is 3. The van der Waals surface area contributed by atoms with Crippen LogP contribution in [0, 0.1) is 0 Å². The minimum Gasteiger partial charge on any atom is -0.309 e. The van der Waals surface area contributed by atoms with Crippen LogP contribution in [0.25, 0.3) is 0 Å². The molecule has 0 aromatic heterocycles. The van der Waals surface area contributed by atoms with Gasteiger partial charge in [0.15, 0.2) is 0 Å². The molecule has 1 aromatic carbocycles. The highest BCUT2D eigenvalue weighted by Crippen LogP contribution is 2.20.